The number of likely N-dealkylation sites (tertiary alicyclic amines) is 1. The van der Waals surface area contributed by atoms with E-state index in [1.54, 1.807) is 43.1 Å². The molecule has 1 heterocycles. The number of aromatic hydroxyl groups is 1. The summed E-state index contributed by atoms with van der Waals surface area (Å²) >= 11 is 14.7. The average Bonchev–Trinajstić information content (AvgIpc) is 3.19. The Labute approximate surface area is 201 Å². The maximum Gasteiger partial charge on any atom is 0.139 e. The van der Waals surface area contributed by atoms with Crippen molar-refractivity contribution in [3.8, 4) is 5.75 Å². The molecule has 0 saturated carbocycles. The van der Waals surface area contributed by atoms with Gasteiger partial charge in [0.15, 0.2) is 0 Å². The van der Waals surface area contributed by atoms with Crippen molar-refractivity contribution >= 4 is 58.8 Å². The Morgan fingerprint density at radius 2 is 1.93 bits per heavy atom. The predicted octanol–water partition coefficient (Wildman–Crippen LogP) is 7.86. The van der Waals surface area contributed by atoms with Gasteiger partial charge >= 0.3 is 0 Å². The number of aliphatic imine (C=N–C) groups is 1. The summed E-state index contributed by atoms with van der Waals surface area (Å²) in [5.74, 6) is 0.740. The highest BCUT2D eigenvalue weighted by Gasteiger charge is 2.03. The normalized spacial score (nSPS) is 15.0. The molecule has 1 aliphatic rings. The van der Waals surface area contributed by atoms with Gasteiger partial charge in [0, 0.05) is 22.9 Å². The number of phenols is 1. The third-order valence-electron chi connectivity index (χ3n) is 3.73. The third kappa shape index (κ3) is 15.1. The van der Waals surface area contributed by atoms with Gasteiger partial charge in [0.05, 0.1) is 5.02 Å². The van der Waals surface area contributed by atoms with Gasteiger partial charge in [0.1, 0.15) is 10.9 Å². The minimum atomic E-state index is 0.0385. The van der Waals surface area contributed by atoms with E-state index < -0.39 is 0 Å². The minimum absolute atomic E-state index is 0.0385. The Kier molecular flexibility index (Phi) is 17.4. The lowest BCUT2D eigenvalue weighted by Crippen LogP contribution is -2.10. The van der Waals surface area contributed by atoms with Crippen molar-refractivity contribution in [3.05, 3.63) is 44.8 Å². The van der Waals surface area contributed by atoms with Gasteiger partial charge in [0.25, 0.3) is 0 Å². The smallest absolute Gasteiger partial charge is 0.139 e. The van der Waals surface area contributed by atoms with Crippen LogP contribution in [0.15, 0.2) is 44.7 Å². The number of thioether (sulfide) groups is 1. The average molecular weight is 493 g/mol. The monoisotopic (exact) mass is 491 g/mol. The second-order valence-electron chi connectivity index (χ2n) is 6.92. The van der Waals surface area contributed by atoms with Gasteiger partial charge in [-0.1, -0.05) is 43.1 Å². The number of hydrogen-bond acceptors (Lipinski definition) is 6. The summed E-state index contributed by atoms with van der Waals surface area (Å²) in [6.07, 6.45) is 8.71. The van der Waals surface area contributed by atoms with Crippen LogP contribution < -0.4 is 4.72 Å². The summed E-state index contributed by atoms with van der Waals surface area (Å²) in [5.41, 5.74) is 0.737. The highest BCUT2D eigenvalue weighted by atomic mass is 35.5. The topological polar surface area (TPSA) is 47.9 Å². The second kappa shape index (κ2) is 17.8. The largest absolute Gasteiger partial charge is 0.506 e. The molecule has 0 bridgehead atoms. The van der Waals surface area contributed by atoms with Gasteiger partial charge in [-0.2, -0.15) is 0 Å². The molecule has 0 amide bonds. The number of anilines is 1. The van der Waals surface area contributed by atoms with Gasteiger partial charge in [-0.05, 0) is 88.5 Å². The number of phenolic OH excluding ortho intramolecular Hbond substituents is 1. The number of halogens is 2. The fraction of sp³-hybridized carbons (Fsp3) is 0.500. The number of allylic oxidation sites excluding steroid dienone is 2. The van der Waals surface area contributed by atoms with Crippen molar-refractivity contribution in [3.63, 3.8) is 0 Å². The first-order valence-corrected chi connectivity index (χ1v) is 12.7. The quantitative estimate of drug-likeness (QED) is 0.241. The molecule has 0 atom stereocenters. The van der Waals surface area contributed by atoms with E-state index in [9.17, 15) is 5.11 Å². The first-order valence-electron chi connectivity index (χ1n) is 9.85. The van der Waals surface area contributed by atoms with E-state index in [2.05, 4.69) is 53.2 Å². The van der Waals surface area contributed by atoms with E-state index in [0.29, 0.717) is 16.1 Å². The van der Waals surface area contributed by atoms with Crippen LogP contribution in [0.5, 0.6) is 5.75 Å². The van der Waals surface area contributed by atoms with E-state index in [0.717, 1.165) is 10.6 Å². The van der Waals surface area contributed by atoms with Crippen molar-refractivity contribution in [1.29, 1.82) is 0 Å². The molecule has 1 aromatic carbocycles. The Morgan fingerprint density at radius 3 is 2.33 bits per heavy atom. The number of nitrogens with zero attached hydrogens (tertiary/aromatic N) is 2. The minimum Gasteiger partial charge on any atom is -0.506 e. The van der Waals surface area contributed by atoms with Gasteiger partial charge in [-0.25, -0.2) is 4.99 Å². The van der Waals surface area contributed by atoms with Crippen molar-refractivity contribution in [2.45, 2.75) is 40.5 Å². The molecular formula is C22H35Cl2N3OS2. The van der Waals surface area contributed by atoms with Crippen LogP contribution in [0.25, 0.3) is 0 Å². The summed E-state index contributed by atoms with van der Waals surface area (Å²) in [5, 5.41) is 12.3. The van der Waals surface area contributed by atoms with Gasteiger partial charge in [-0.15, -0.1) is 11.8 Å². The van der Waals surface area contributed by atoms with Gasteiger partial charge < -0.3 is 14.7 Å². The summed E-state index contributed by atoms with van der Waals surface area (Å²) in [6.45, 7) is 10.6. The third-order valence-corrected chi connectivity index (χ3v) is 5.81. The first kappa shape index (κ1) is 29.2. The SMILES string of the molecule is C/C=N\C(Cl)=C(/C)SNc1ccc(Cl)c(O)c1.CN1CCCC1.CS/C=C\C(C)C. The summed E-state index contributed by atoms with van der Waals surface area (Å²) in [4.78, 5) is 7.15. The molecule has 4 nitrogen and oxygen atoms in total. The zero-order valence-electron chi connectivity index (χ0n) is 18.8. The Bertz CT molecular complexity index is 689. The van der Waals surface area contributed by atoms with Crippen LogP contribution in [0.1, 0.15) is 40.5 Å². The zero-order valence-corrected chi connectivity index (χ0v) is 21.9. The van der Waals surface area contributed by atoms with E-state index in [4.69, 9.17) is 23.2 Å². The highest BCUT2D eigenvalue weighted by Crippen LogP contribution is 2.30. The molecule has 1 fully saturated rings. The Balaban J connectivity index is 0.000000527. The molecule has 0 aliphatic carbocycles. The standard InChI is InChI=1S/C11H12Cl2N2OS.C6H12S.C5H11N/c1-3-14-11(13)7(2)17-15-8-4-5-9(12)10(16)6-8;1-6(2)4-5-7-3;1-6-4-2-3-5-6/h3-6,15-16H,1-2H3;4-6H,1-3H3;2-5H2,1H3/b11-7+,14-3-;5-4-;. The predicted molar refractivity (Wildman–Crippen MR) is 141 cm³/mol. The Hall–Kier alpha value is -0.790. The van der Waals surface area contributed by atoms with Crippen LogP contribution in [-0.4, -0.2) is 42.6 Å². The van der Waals surface area contributed by atoms with E-state index >= 15 is 0 Å². The van der Waals surface area contributed by atoms with Crippen molar-refractivity contribution in [2.24, 2.45) is 10.9 Å². The lowest BCUT2D eigenvalue weighted by molar-refractivity contribution is 0.418. The summed E-state index contributed by atoms with van der Waals surface area (Å²) in [6, 6.07) is 4.92. The molecule has 0 radical (unpaired) electrons. The number of nitrogens with one attached hydrogen (secondary N) is 1. The van der Waals surface area contributed by atoms with E-state index in [-0.39, 0.29) is 5.75 Å². The molecule has 1 saturated heterocycles. The highest BCUT2D eigenvalue weighted by molar-refractivity contribution is 8.04. The molecule has 1 aliphatic heterocycles. The van der Waals surface area contributed by atoms with Crippen LogP contribution in [0.4, 0.5) is 5.69 Å². The van der Waals surface area contributed by atoms with Crippen LogP contribution >= 0.6 is 46.9 Å². The lowest BCUT2D eigenvalue weighted by atomic mass is 10.2. The van der Waals surface area contributed by atoms with Crippen LogP contribution in [0.3, 0.4) is 0 Å². The molecular weight excluding hydrogens is 457 g/mol. The maximum atomic E-state index is 9.42. The molecule has 1 aromatic rings. The number of benzene rings is 1. The van der Waals surface area contributed by atoms with E-state index in [1.807, 2.05) is 6.92 Å². The fourth-order valence-electron chi connectivity index (χ4n) is 2.07. The molecule has 0 spiro atoms. The summed E-state index contributed by atoms with van der Waals surface area (Å²) < 4.78 is 3.03. The Morgan fingerprint density at radius 1 is 1.30 bits per heavy atom. The molecule has 170 valence electrons. The van der Waals surface area contributed by atoms with E-state index in [1.165, 1.54) is 37.9 Å². The summed E-state index contributed by atoms with van der Waals surface area (Å²) in [7, 11) is 2.17. The first-order chi connectivity index (χ1) is 14.2. The van der Waals surface area contributed by atoms with Crippen molar-refractivity contribution in [1.82, 2.24) is 4.90 Å². The molecule has 8 heteroatoms. The van der Waals surface area contributed by atoms with Gasteiger partial charge in [0.2, 0.25) is 0 Å². The van der Waals surface area contributed by atoms with Crippen molar-refractivity contribution in [2.75, 3.05) is 31.1 Å². The lowest BCUT2D eigenvalue weighted by Gasteiger charge is -2.07. The number of hydrogen-bond donors (Lipinski definition) is 2. The van der Waals surface area contributed by atoms with Crippen molar-refractivity contribution < 1.29 is 5.11 Å². The van der Waals surface area contributed by atoms with Gasteiger partial charge in [-0.3, -0.25) is 0 Å². The van der Waals surface area contributed by atoms with Crippen LogP contribution in [-0.2, 0) is 0 Å². The maximum absolute atomic E-state index is 9.42. The fourth-order valence-corrected chi connectivity index (χ4v) is 3.41. The van der Waals surface area contributed by atoms with Crippen LogP contribution in [0.2, 0.25) is 5.02 Å². The molecule has 0 aromatic heterocycles. The molecule has 30 heavy (non-hydrogen) atoms. The number of rotatable bonds is 6. The molecule has 0 unspecified atom stereocenters. The molecule has 2 rings (SSSR count). The second-order valence-corrected chi connectivity index (χ2v) is 9.45. The molecule has 2 N–H and O–H groups in total. The van der Waals surface area contributed by atoms with Crippen LogP contribution in [0, 0.1) is 5.92 Å². The zero-order chi connectivity index (χ0) is 22.9.